The molecule has 0 saturated carbocycles. The second kappa shape index (κ2) is 10.1. The molecule has 36 heavy (non-hydrogen) atoms. The van der Waals surface area contributed by atoms with Gasteiger partial charge in [-0.2, -0.15) is 0 Å². The number of nitrogens with zero attached hydrogens (tertiary/aromatic N) is 5. The topological polar surface area (TPSA) is 92.5 Å². The van der Waals surface area contributed by atoms with E-state index >= 15 is 0 Å². The van der Waals surface area contributed by atoms with E-state index in [1.54, 1.807) is 24.0 Å². The Bertz CT molecular complexity index is 1310. The lowest BCUT2D eigenvalue weighted by atomic mass is 10.1. The molecule has 0 radical (unpaired) electrons. The van der Waals surface area contributed by atoms with Crippen molar-refractivity contribution < 1.29 is 9.72 Å². The molecule has 190 valence electrons. The summed E-state index contributed by atoms with van der Waals surface area (Å²) in [5, 5.41) is 12.6. The van der Waals surface area contributed by atoms with Gasteiger partial charge in [0, 0.05) is 54.2 Å². The Hall–Kier alpha value is -3.07. The van der Waals surface area contributed by atoms with E-state index in [-0.39, 0.29) is 17.5 Å². The first-order valence-corrected chi connectivity index (χ1v) is 13.8. The zero-order valence-electron chi connectivity index (χ0n) is 21.2. The van der Waals surface area contributed by atoms with Crippen molar-refractivity contribution in [1.82, 2.24) is 14.9 Å². The van der Waals surface area contributed by atoms with Crippen molar-refractivity contribution in [1.29, 1.82) is 0 Å². The fourth-order valence-corrected chi connectivity index (χ4v) is 6.47. The van der Waals surface area contributed by atoms with Crippen molar-refractivity contribution in [3.8, 4) is 0 Å². The number of piperazine rings is 1. The Morgan fingerprint density at radius 3 is 2.61 bits per heavy atom. The molecular weight excluding hydrogens is 474 g/mol. The number of carbonyl (C=O) groups excluding carboxylic acids is 1. The fourth-order valence-electron chi connectivity index (χ4n) is 5.21. The van der Waals surface area contributed by atoms with Crippen LogP contribution >= 0.6 is 11.3 Å². The van der Waals surface area contributed by atoms with Gasteiger partial charge < -0.3 is 9.80 Å². The van der Waals surface area contributed by atoms with Gasteiger partial charge in [0.05, 0.1) is 10.3 Å². The number of hydrogen-bond acceptors (Lipinski definition) is 7. The SMILES string of the molecule is CC[C@H](C)c1nc(N2CCN(C(=O)c3ccc(C)c([N+](=O)[O-])c3)CC2)c2c3c(sc2n1)CCCCC3. The molecule has 1 amide bonds. The summed E-state index contributed by atoms with van der Waals surface area (Å²) in [4.78, 5) is 40.9. The first-order chi connectivity index (χ1) is 17.4. The molecule has 1 fully saturated rings. The summed E-state index contributed by atoms with van der Waals surface area (Å²) in [6, 6.07) is 4.74. The number of benzene rings is 1. The monoisotopic (exact) mass is 507 g/mol. The number of anilines is 1. The van der Waals surface area contributed by atoms with Gasteiger partial charge in [0.2, 0.25) is 0 Å². The van der Waals surface area contributed by atoms with Crippen LogP contribution in [0.1, 0.15) is 77.6 Å². The number of hydrogen-bond donors (Lipinski definition) is 0. The second-order valence-electron chi connectivity index (χ2n) is 10.00. The van der Waals surface area contributed by atoms with Crippen molar-refractivity contribution in [2.75, 3.05) is 31.1 Å². The standard InChI is InChI=1S/C27H33N5O3S/c1-4-17(2)24-28-25(23-20-8-6-5-7-9-22(20)36-26(23)29-24)30-12-14-31(15-13-30)27(33)19-11-10-18(3)21(16-19)32(34)35/h10-11,16-17H,4-9,12-15H2,1-3H3/t17-/m0/s1. The number of aromatic nitrogens is 2. The van der Waals surface area contributed by atoms with E-state index in [9.17, 15) is 14.9 Å². The summed E-state index contributed by atoms with van der Waals surface area (Å²) >= 11 is 1.84. The lowest BCUT2D eigenvalue weighted by Gasteiger charge is -2.36. The minimum absolute atomic E-state index is 0.0152. The predicted molar refractivity (Wildman–Crippen MR) is 143 cm³/mol. The average Bonchev–Trinajstić information content (AvgIpc) is 3.08. The summed E-state index contributed by atoms with van der Waals surface area (Å²) < 4.78 is 0. The van der Waals surface area contributed by atoms with Gasteiger partial charge in [-0.15, -0.1) is 11.3 Å². The molecule has 0 unspecified atom stereocenters. The normalized spacial score (nSPS) is 17.1. The van der Waals surface area contributed by atoms with Crippen molar-refractivity contribution in [2.24, 2.45) is 0 Å². The molecule has 9 heteroatoms. The third-order valence-corrected chi connectivity index (χ3v) is 8.82. The predicted octanol–water partition coefficient (Wildman–Crippen LogP) is 5.65. The van der Waals surface area contributed by atoms with Crippen LogP contribution in [-0.2, 0) is 12.8 Å². The van der Waals surface area contributed by atoms with Crippen LogP contribution in [0.2, 0.25) is 0 Å². The summed E-state index contributed by atoms with van der Waals surface area (Å²) in [6.45, 7) is 8.50. The van der Waals surface area contributed by atoms with E-state index in [2.05, 4.69) is 18.7 Å². The van der Waals surface area contributed by atoms with Gasteiger partial charge in [-0.3, -0.25) is 14.9 Å². The summed E-state index contributed by atoms with van der Waals surface area (Å²) in [5.41, 5.74) is 2.34. The number of fused-ring (bicyclic) bond motifs is 3. The van der Waals surface area contributed by atoms with Gasteiger partial charge in [-0.05, 0) is 50.7 Å². The zero-order chi connectivity index (χ0) is 25.4. The van der Waals surface area contributed by atoms with Crippen molar-refractivity contribution in [3.63, 3.8) is 0 Å². The third kappa shape index (κ3) is 4.56. The molecule has 1 aliphatic heterocycles. The summed E-state index contributed by atoms with van der Waals surface area (Å²) in [7, 11) is 0. The highest BCUT2D eigenvalue weighted by molar-refractivity contribution is 7.19. The maximum absolute atomic E-state index is 13.2. The average molecular weight is 508 g/mol. The van der Waals surface area contributed by atoms with E-state index in [4.69, 9.17) is 9.97 Å². The second-order valence-corrected chi connectivity index (χ2v) is 11.1. The van der Waals surface area contributed by atoms with Crippen molar-refractivity contribution in [2.45, 2.75) is 65.2 Å². The molecule has 1 saturated heterocycles. The maximum atomic E-state index is 13.2. The van der Waals surface area contributed by atoms with Crippen LogP contribution in [0.15, 0.2) is 18.2 Å². The molecule has 5 rings (SSSR count). The molecule has 3 heterocycles. The van der Waals surface area contributed by atoms with Gasteiger partial charge in [-0.25, -0.2) is 9.97 Å². The Labute approximate surface area is 215 Å². The number of carbonyl (C=O) groups is 1. The first kappa shape index (κ1) is 24.6. The van der Waals surface area contributed by atoms with E-state index in [1.807, 2.05) is 11.3 Å². The summed E-state index contributed by atoms with van der Waals surface area (Å²) in [6.07, 6.45) is 6.90. The van der Waals surface area contributed by atoms with Crippen LogP contribution in [-0.4, -0.2) is 51.9 Å². The minimum atomic E-state index is -0.428. The molecule has 8 nitrogen and oxygen atoms in total. The lowest BCUT2D eigenvalue weighted by molar-refractivity contribution is -0.385. The Kier molecular flexibility index (Phi) is 6.92. The van der Waals surface area contributed by atoms with Crippen LogP contribution in [0.3, 0.4) is 0 Å². The smallest absolute Gasteiger partial charge is 0.273 e. The van der Waals surface area contributed by atoms with Gasteiger partial charge in [0.25, 0.3) is 11.6 Å². The highest BCUT2D eigenvalue weighted by Gasteiger charge is 2.28. The molecule has 2 aliphatic rings. The zero-order valence-corrected chi connectivity index (χ0v) is 22.1. The van der Waals surface area contributed by atoms with E-state index in [0.717, 1.165) is 35.7 Å². The van der Waals surface area contributed by atoms with Crippen LogP contribution in [0.5, 0.6) is 0 Å². The van der Waals surface area contributed by atoms with Crippen molar-refractivity contribution in [3.05, 3.63) is 55.7 Å². The lowest BCUT2D eigenvalue weighted by Crippen LogP contribution is -2.49. The van der Waals surface area contributed by atoms with E-state index in [0.29, 0.717) is 37.3 Å². The number of aryl methyl sites for hydroxylation is 3. The molecule has 2 aromatic heterocycles. The number of thiophene rings is 1. The Morgan fingerprint density at radius 2 is 1.89 bits per heavy atom. The van der Waals surface area contributed by atoms with Crippen molar-refractivity contribution >= 4 is 39.0 Å². The number of amides is 1. The molecule has 0 spiro atoms. The van der Waals surface area contributed by atoms with Crippen LogP contribution in [0, 0.1) is 17.0 Å². The number of rotatable bonds is 5. The Balaban J connectivity index is 1.43. The number of nitro benzene ring substituents is 1. The molecule has 1 aromatic carbocycles. The quantitative estimate of drug-likeness (QED) is 0.252. The largest absolute Gasteiger partial charge is 0.352 e. The molecule has 1 atom stereocenters. The molecule has 1 aliphatic carbocycles. The Morgan fingerprint density at radius 1 is 1.14 bits per heavy atom. The fraction of sp³-hybridized carbons (Fsp3) is 0.519. The van der Waals surface area contributed by atoms with Gasteiger partial charge in [0.15, 0.2) is 0 Å². The number of nitro groups is 1. The molecular formula is C27H33N5O3S. The van der Waals surface area contributed by atoms with Crippen LogP contribution in [0.4, 0.5) is 11.5 Å². The van der Waals surface area contributed by atoms with E-state index in [1.165, 1.54) is 41.2 Å². The maximum Gasteiger partial charge on any atom is 0.273 e. The first-order valence-electron chi connectivity index (χ1n) is 13.0. The molecule has 0 N–H and O–H groups in total. The van der Waals surface area contributed by atoms with E-state index < -0.39 is 4.92 Å². The highest BCUT2D eigenvalue weighted by Crippen LogP contribution is 2.40. The molecule has 0 bridgehead atoms. The third-order valence-electron chi connectivity index (χ3n) is 7.64. The highest BCUT2D eigenvalue weighted by atomic mass is 32.1. The van der Waals surface area contributed by atoms with Gasteiger partial charge >= 0.3 is 0 Å². The summed E-state index contributed by atoms with van der Waals surface area (Å²) in [5.74, 6) is 2.06. The van der Waals surface area contributed by atoms with Crippen LogP contribution in [0.25, 0.3) is 10.2 Å². The molecule has 3 aromatic rings. The van der Waals surface area contributed by atoms with Crippen LogP contribution < -0.4 is 4.90 Å². The van der Waals surface area contributed by atoms with Gasteiger partial charge in [-0.1, -0.05) is 26.3 Å². The van der Waals surface area contributed by atoms with Gasteiger partial charge in [0.1, 0.15) is 16.5 Å². The minimum Gasteiger partial charge on any atom is -0.352 e.